The Morgan fingerprint density at radius 1 is 1.46 bits per heavy atom. The highest BCUT2D eigenvalue weighted by Gasteiger charge is 2.07. The fourth-order valence-corrected chi connectivity index (χ4v) is 2.07. The fraction of sp³-hybridized carbons (Fsp3) is 0.300. The van der Waals surface area contributed by atoms with Crippen LogP contribution in [0, 0.1) is 0 Å². The molecule has 1 nitrogen and oxygen atoms in total. The largest absolute Gasteiger partial charge is 0.276 e. The van der Waals surface area contributed by atoms with E-state index in [1.54, 1.807) is 12.1 Å². The molecule has 3 heteroatoms. The molecule has 0 bridgehead atoms. The molecule has 0 saturated carbocycles. The van der Waals surface area contributed by atoms with Gasteiger partial charge < -0.3 is 0 Å². The molecular formula is C10H10BrClO. The van der Waals surface area contributed by atoms with Crippen LogP contribution >= 0.6 is 27.5 Å². The molecule has 0 spiro atoms. The van der Waals surface area contributed by atoms with Crippen molar-refractivity contribution in [2.24, 2.45) is 0 Å². The highest BCUT2D eigenvalue weighted by Crippen LogP contribution is 2.25. The van der Waals surface area contributed by atoms with E-state index in [4.69, 9.17) is 11.6 Å². The Balaban J connectivity index is 3.13. The van der Waals surface area contributed by atoms with Gasteiger partial charge in [-0.2, -0.15) is 0 Å². The summed E-state index contributed by atoms with van der Waals surface area (Å²) in [4.78, 5) is 10.8. The summed E-state index contributed by atoms with van der Waals surface area (Å²) in [5.41, 5.74) is 1.71. The van der Waals surface area contributed by atoms with Crippen molar-refractivity contribution in [3.05, 3.63) is 33.8 Å². The summed E-state index contributed by atoms with van der Waals surface area (Å²) in [5.74, 6) is 0.439. The summed E-state index contributed by atoms with van der Waals surface area (Å²) >= 11 is 8.75. The van der Waals surface area contributed by atoms with Gasteiger partial charge >= 0.3 is 0 Å². The van der Waals surface area contributed by atoms with E-state index < -0.39 is 5.24 Å². The van der Waals surface area contributed by atoms with Gasteiger partial charge in [-0.25, -0.2) is 0 Å². The number of carbonyl (C=O) groups is 1. The molecule has 70 valence electrons. The lowest BCUT2D eigenvalue weighted by molar-refractivity contribution is 0.108. The first kappa shape index (κ1) is 10.7. The lowest BCUT2D eigenvalue weighted by Gasteiger charge is -2.08. The summed E-state index contributed by atoms with van der Waals surface area (Å²) in [6.45, 7) is 4.20. The van der Waals surface area contributed by atoms with Crippen molar-refractivity contribution in [1.82, 2.24) is 0 Å². The molecule has 0 atom stereocenters. The molecule has 0 aliphatic carbocycles. The van der Waals surface area contributed by atoms with E-state index in [2.05, 4.69) is 29.8 Å². The first-order valence-electron chi connectivity index (χ1n) is 4.01. The molecule has 0 unspecified atom stereocenters. The quantitative estimate of drug-likeness (QED) is 0.737. The molecule has 0 saturated heterocycles. The van der Waals surface area contributed by atoms with Crippen molar-refractivity contribution >= 4 is 32.8 Å². The highest BCUT2D eigenvalue weighted by atomic mass is 79.9. The summed E-state index contributed by atoms with van der Waals surface area (Å²) < 4.78 is 0.939. The van der Waals surface area contributed by atoms with Crippen LogP contribution in [0.3, 0.4) is 0 Å². The Kier molecular flexibility index (Phi) is 3.51. The Bertz CT molecular complexity index is 334. The Hall–Kier alpha value is -0.340. The standard InChI is InChI=1S/C10H10BrClO/c1-6(2)8-4-3-7(10(12)13)5-9(8)11/h3-6H,1-2H3. The van der Waals surface area contributed by atoms with Crippen LogP contribution in [0.1, 0.15) is 35.7 Å². The highest BCUT2D eigenvalue weighted by molar-refractivity contribution is 9.10. The maximum absolute atomic E-state index is 10.8. The molecule has 0 aromatic heterocycles. The van der Waals surface area contributed by atoms with Gasteiger partial charge in [0.1, 0.15) is 0 Å². The van der Waals surface area contributed by atoms with Crippen LogP contribution in [-0.2, 0) is 0 Å². The molecule has 0 aliphatic rings. The summed E-state index contributed by atoms with van der Waals surface area (Å²) in [6, 6.07) is 5.42. The molecule has 0 radical (unpaired) electrons. The molecule has 1 rings (SSSR count). The van der Waals surface area contributed by atoms with E-state index in [-0.39, 0.29) is 0 Å². The predicted octanol–water partition coefficient (Wildman–Crippen LogP) is 3.95. The van der Waals surface area contributed by atoms with Gasteiger partial charge in [-0.3, -0.25) is 4.79 Å². The average Bonchev–Trinajstić information content (AvgIpc) is 2.03. The maximum atomic E-state index is 10.8. The van der Waals surface area contributed by atoms with E-state index in [1.807, 2.05) is 6.07 Å². The zero-order chi connectivity index (χ0) is 10.0. The minimum atomic E-state index is -0.420. The van der Waals surface area contributed by atoms with E-state index in [9.17, 15) is 4.79 Å². The summed E-state index contributed by atoms with van der Waals surface area (Å²) in [6.07, 6.45) is 0. The van der Waals surface area contributed by atoms with Crippen molar-refractivity contribution in [3.63, 3.8) is 0 Å². The van der Waals surface area contributed by atoms with Gasteiger partial charge in [-0.15, -0.1) is 0 Å². The third-order valence-corrected chi connectivity index (χ3v) is 2.75. The third kappa shape index (κ3) is 2.55. The molecular weight excluding hydrogens is 251 g/mol. The molecule has 0 fully saturated rings. The van der Waals surface area contributed by atoms with Crippen LogP contribution in [0.15, 0.2) is 22.7 Å². The first-order chi connectivity index (χ1) is 6.02. The molecule has 0 N–H and O–H groups in total. The van der Waals surface area contributed by atoms with Crippen molar-refractivity contribution in [2.45, 2.75) is 19.8 Å². The third-order valence-electron chi connectivity index (χ3n) is 1.85. The summed E-state index contributed by atoms with van der Waals surface area (Å²) in [5, 5.41) is -0.420. The second-order valence-electron chi connectivity index (χ2n) is 3.16. The zero-order valence-corrected chi connectivity index (χ0v) is 9.82. The van der Waals surface area contributed by atoms with Crippen molar-refractivity contribution in [3.8, 4) is 0 Å². The molecule has 1 aromatic rings. The first-order valence-corrected chi connectivity index (χ1v) is 5.18. The summed E-state index contributed by atoms with van der Waals surface area (Å²) in [7, 11) is 0. The van der Waals surface area contributed by atoms with Crippen LogP contribution in [0.25, 0.3) is 0 Å². The normalized spacial score (nSPS) is 10.5. The number of benzene rings is 1. The number of hydrogen-bond acceptors (Lipinski definition) is 1. The SMILES string of the molecule is CC(C)c1ccc(C(=O)Cl)cc1Br. The lowest BCUT2D eigenvalue weighted by Crippen LogP contribution is -1.93. The van der Waals surface area contributed by atoms with E-state index in [0.717, 1.165) is 4.47 Å². The minimum absolute atomic E-state index is 0.420. The van der Waals surface area contributed by atoms with E-state index in [1.165, 1.54) is 5.56 Å². The fourth-order valence-electron chi connectivity index (χ4n) is 1.12. The predicted molar refractivity (Wildman–Crippen MR) is 58.4 cm³/mol. The van der Waals surface area contributed by atoms with Crippen LogP contribution in [-0.4, -0.2) is 5.24 Å². The Morgan fingerprint density at radius 3 is 2.46 bits per heavy atom. The van der Waals surface area contributed by atoms with E-state index in [0.29, 0.717) is 11.5 Å². The van der Waals surface area contributed by atoms with Crippen LogP contribution < -0.4 is 0 Å². The van der Waals surface area contributed by atoms with Crippen molar-refractivity contribution in [2.75, 3.05) is 0 Å². The second-order valence-corrected chi connectivity index (χ2v) is 4.36. The Labute approximate surface area is 91.2 Å². The van der Waals surface area contributed by atoms with Crippen LogP contribution in [0.4, 0.5) is 0 Å². The van der Waals surface area contributed by atoms with Gasteiger partial charge in [-0.1, -0.05) is 35.8 Å². The van der Waals surface area contributed by atoms with Gasteiger partial charge in [0.15, 0.2) is 0 Å². The molecule has 13 heavy (non-hydrogen) atoms. The van der Waals surface area contributed by atoms with Crippen molar-refractivity contribution in [1.29, 1.82) is 0 Å². The van der Waals surface area contributed by atoms with Crippen LogP contribution in [0.2, 0.25) is 0 Å². The Morgan fingerprint density at radius 2 is 2.08 bits per heavy atom. The van der Waals surface area contributed by atoms with Gasteiger partial charge in [0.2, 0.25) is 0 Å². The smallest absolute Gasteiger partial charge is 0.252 e. The molecule has 0 aliphatic heterocycles. The average molecular weight is 262 g/mol. The minimum Gasteiger partial charge on any atom is -0.276 e. The van der Waals surface area contributed by atoms with Gasteiger partial charge in [0.05, 0.1) is 0 Å². The van der Waals surface area contributed by atoms with Crippen LogP contribution in [0.5, 0.6) is 0 Å². The monoisotopic (exact) mass is 260 g/mol. The number of rotatable bonds is 2. The lowest BCUT2D eigenvalue weighted by atomic mass is 10.0. The second kappa shape index (κ2) is 4.25. The van der Waals surface area contributed by atoms with Gasteiger partial charge in [0, 0.05) is 10.0 Å². The molecule has 1 aromatic carbocycles. The zero-order valence-electron chi connectivity index (χ0n) is 7.47. The molecule has 0 amide bonds. The topological polar surface area (TPSA) is 17.1 Å². The van der Waals surface area contributed by atoms with E-state index >= 15 is 0 Å². The van der Waals surface area contributed by atoms with Crippen molar-refractivity contribution < 1.29 is 4.79 Å². The number of halogens is 2. The molecule has 0 heterocycles. The van der Waals surface area contributed by atoms with Gasteiger partial charge in [0.25, 0.3) is 5.24 Å². The maximum Gasteiger partial charge on any atom is 0.252 e. The van der Waals surface area contributed by atoms with Gasteiger partial charge in [-0.05, 0) is 35.2 Å². The number of hydrogen-bond donors (Lipinski definition) is 0. The number of carbonyl (C=O) groups excluding carboxylic acids is 1.